The monoisotopic (exact) mass is 662 g/mol. The number of halogens is 3. The highest BCUT2D eigenvalue weighted by Gasteiger charge is 2.29. The Morgan fingerprint density at radius 2 is 1.59 bits per heavy atom. The molecular formula is C32H37F3N4O6S. The van der Waals surface area contributed by atoms with Gasteiger partial charge in [-0.25, -0.2) is 13.2 Å². The summed E-state index contributed by atoms with van der Waals surface area (Å²) in [4.78, 5) is 49.8. The average Bonchev–Trinajstić information content (AvgIpc) is 3.51. The fourth-order valence-corrected chi connectivity index (χ4v) is 5.15. The number of primary amides is 1. The number of benzene rings is 2. The van der Waals surface area contributed by atoms with Crippen LogP contribution in [0.2, 0.25) is 0 Å². The van der Waals surface area contributed by atoms with Crippen molar-refractivity contribution >= 4 is 35.0 Å². The van der Waals surface area contributed by atoms with Crippen molar-refractivity contribution in [2.75, 3.05) is 6.61 Å². The summed E-state index contributed by atoms with van der Waals surface area (Å²) >= 11 is 1.56. The molecule has 3 aromatic rings. The topological polar surface area (TPSA) is 160 Å². The van der Waals surface area contributed by atoms with Gasteiger partial charge in [-0.2, -0.15) is 11.3 Å². The van der Waals surface area contributed by atoms with Gasteiger partial charge >= 0.3 is 0 Å². The summed E-state index contributed by atoms with van der Waals surface area (Å²) in [6, 6.07) is 6.65. The molecule has 0 aliphatic heterocycles. The van der Waals surface area contributed by atoms with Crippen molar-refractivity contribution in [2.24, 2.45) is 11.7 Å². The van der Waals surface area contributed by atoms with Crippen LogP contribution in [0.25, 0.3) is 11.1 Å². The Hall–Kier alpha value is -4.27. The van der Waals surface area contributed by atoms with E-state index in [2.05, 4.69) is 16.0 Å². The highest BCUT2D eigenvalue weighted by atomic mass is 32.1. The van der Waals surface area contributed by atoms with E-state index >= 15 is 0 Å². The Morgan fingerprint density at radius 1 is 0.935 bits per heavy atom. The minimum atomic E-state index is -1.65. The number of nitrogens with one attached hydrogen (secondary N) is 3. The number of rotatable bonds is 16. The van der Waals surface area contributed by atoms with E-state index in [0.717, 1.165) is 16.7 Å². The number of aliphatic hydroxyl groups excluding tert-OH is 1. The standard InChI is InChI=1S/C32H37F3N4O6S/c1-17(2)10-25(30(36)42)38-31(43)18(3)37-28(41)13-27(40)26(39-32(44)29-23(34)11-22(33)12-24(29)35)15-45-14-19-4-6-20(7-5-19)21-8-9-46-16-21/h4-9,11-12,16-18,25-27,40H,10,13-15H2,1-3H3,(H2,36,42)(H,37,41)(H,38,43)(H,39,44)/t18-,25-,26-,27-/m0/s1. The molecule has 6 N–H and O–H groups in total. The van der Waals surface area contributed by atoms with Crippen LogP contribution in [0.3, 0.4) is 0 Å². The lowest BCUT2D eigenvalue weighted by molar-refractivity contribution is -0.132. The van der Waals surface area contributed by atoms with Crippen LogP contribution in [0.1, 0.15) is 49.5 Å². The SMILES string of the molecule is CC(C)C[C@H](NC(=O)[C@H](C)NC(=O)C[C@H](O)[C@H](COCc1ccc(-c2ccsc2)cc1)NC(=O)c1c(F)cc(F)cc1F)C(N)=O. The van der Waals surface area contributed by atoms with Crippen LogP contribution in [-0.4, -0.2) is 59.6 Å². The van der Waals surface area contributed by atoms with E-state index in [1.54, 1.807) is 11.3 Å². The minimum absolute atomic E-state index is 0.0308. The van der Waals surface area contributed by atoms with Crippen molar-refractivity contribution in [2.45, 2.75) is 64.4 Å². The van der Waals surface area contributed by atoms with E-state index < -0.39 is 77.3 Å². The Kier molecular flexibility index (Phi) is 13.3. The molecule has 0 radical (unpaired) electrons. The number of ether oxygens (including phenoxy) is 1. The second-order valence-corrected chi connectivity index (χ2v) is 12.0. The van der Waals surface area contributed by atoms with Crippen LogP contribution in [0.5, 0.6) is 0 Å². The molecular weight excluding hydrogens is 625 g/mol. The normalized spacial score (nSPS) is 13.8. The average molecular weight is 663 g/mol. The summed E-state index contributed by atoms with van der Waals surface area (Å²) in [7, 11) is 0. The smallest absolute Gasteiger partial charge is 0.257 e. The number of hydrogen-bond acceptors (Lipinski definition) is 7. The zero-order valence-electron chi connectivity index (χ0n) is 25.5. The van der Waals surface area contributed by atoms with E-state index in [-0.39, 0.29) is 25.6 Å². The Bertz CT molecular complexity index is 1480. The number of nitrogens with two attached hydrogens (primary N) is 1. The lowest BCUT2D eigenvalue weighted by atomic mass is 10.0. The van der Waals surface area contributed by atoms with Crippen molar-refractivity contribution in [3.8, 4) is 11.1 Å². The van der Waals surface area contributed by atoms with Gasteiger partial charge < -0.3 is 31.5 Å². The summed E-state index contributed by atoms with van der Waals surface area (Å²) < 4.78 is 47.7. The summed E-state index contributed by atoms with van der Waals surface area (Å²) in [5, 5.41) is 22.0. The third kappa shape index (κ3) is 10.7. The van der Waals surface area contributed by atoms with E-state index in [1.807, 2.05) is 54.9 Å². The molecule has 10 nitrogen and oxygen atoms in total. The van der Waals surface area contributed by atoms with Gasteiger partial charge in [-0.1, -0.05) is 38.1 Å². The molecule has 0 saturated carbocycles. The van der Waals surface area contributed by atoms with Crippen molar-refractivity contribution in [3.63, 3.8) is 0 Å². The van der Waals surface area contributed by atoms with Crippen molar-refractivity contribution in [1.29, 1.82) is 0 Å². The largest absolute Gasteiger partial charge is 0.390 e. The molecule has 1 heterocycles. The zero-order chi connectivity index (χ0) is 34.0. The molecule has 0 aliphatic rings. The van der Waals surface area contributed by atoms with Crippen molar-refractivity contribution < 1.29 is 42.2 Å². The van der Waals surface area contributed by atoms with Gasteiger partial charge in [-0.3, -0.25) is 19.2 Å². The minimum Gasteiger partial charge on any atom is -0.390 e. The van der Waals surface area contributed by atoms with Gasteiger partial charge in [0.15, 0.2) is 0 Å². The van der Waals surface area contributed by atoms with Crippen LogP contribution in [0.15, 0.2) is 53.2 Å². The second kappa shape index (κ2) is 16.9. The summed E-state index contributed by atoms with van der Waals surface area (Å²) in [5.74, 6) is -7.63. The summed E-state index contributed by atoms with van der Waals surface area (Å²) in [6.07, 6.45) is -2.01. The first-order valence-electron chi connectivity index (χ1n) is 14.5. The molecule has 0 bridgehead atoms. The van der Waals surface area contributed by atoms with Gasteiger partial charge in [-0.05, 0) is 52.8 Å². The molecule has 1 aromatic heterocycles. The van der Waals surface area contributed by atoms with Crippen LogP contribution < -0.4 is 21.7 Å². The lowest BCUT2D eigenvalue weighted by Crippen LogP contribution is -2.53. The van der Waals surface area contributed by atoms with Crippen molar-refractivity contribution in [3.05, 3.63) is 81.8 Å². The van der Waals surface area contributed by atoms with Gasteiger partial charge in [0.05, 0.1) is 31.8 Å². The van der Waals surface area contributed by atoms with E-state index in [4.69, 9.17) is 10.5 Å². The molecule has 0 unspecified atom stereocenters. The first-order valence-corrected chi connectivity index (χ1v) is 15.4. The molecule has 2 aromatic carbocycles. The molecule has 3 rings (SSSR count). The van der Waals surface area contributed by atoms with E-state index in [0.29, 0.717) is 12.1 Å². The quantitative estimate of drug-likeness (QED) is 0.158. The molecule has 0 saturated heterocycles. The first-order chi connectivity index (χ1) is 21.7. The predicted octanol–water partition coefficient (Wildman–Crippen LogP) is 3.42. The maximum Gasteiger partial charge on any atom is 0.257 e. The van der Waals surface area contributed by atoms with Crippen LogP contribution in [0, 0.1) is 23.4 Å². The highest BCUT2D eigenvalue weighted by Crippen LogP contribution is 2.22. The predicted molar refractivity (Wildman–Crippen MR) is 166 cm³/mol. The van der Waals surface area contributed by atoms with Gasteiger partial charge in [-0.15, -0.1) is 0 Å². The zero-order valence-corrected chi connectivity index (χ0v) is 26.3. The maximum atomic E-state index is 14.3. The first kappa shape index (κ1) is 36.2. The molecule has 0 aliphatic carbocycles. The number of carbonyl (C=O) groups excluding carboxylic acids is 4. The number of thiophene rings is 1. The van der Waals surface area contributed by atoms with Crippen LogP contribution in [0.4, 0.5) is 13.2 Å². The molecule has 0 spiro atoms. The number of amides is 4. The third-order valence-corrected chi connectivity index (χ3v) is 7.61. The molecule has 14 heteroatoms. The highest BCUT2D eigenvalue weighted by molar-refractivity contribution is 7.08. The lowest BCUT2D eigenvalue weighted by Gasteiger charge is -2.25. The van der Waals surface area contributed by atoms with Gasteiger partial charge in [0, 0.05) is 12.1 Å². The Morgan fingerprint density at radius 3 is 2.15 bits per heavy atom. The fraction of sp³-hybridized carbons (Fsp3) is 0.375. The second-order valence-electron chi connectivity index (χ2n) is 11.2. The third-order valence-electron chi connectivity index (χ3n) is 6.92. The fourth-order valence-electron chi connectivity index (χ4n) is 4.49. The van der Waals surface area contributed by atoms with E-state index in [1.165, 1.54) is 6.92 Å². The van der Waals surface area contributed by atoms with Gasteiger partial charge in [0.2, 0.25) is 17.7 Å². The van der Waals surface area contributed by atoms with Crippen LogP contribution in [-0.2, 0) is 25.7 Å². The summed E-state index contributed by atoms with van der Waals surface area (Å²) in [6.45, 7) is 4.69. The number of aliphatic hydroxyl groups is 1. The maximum absolute atomic E-state index is 14.3. The van der Waals surface area contributed by atoms with Crippen LogP contribution >= 0.6 is 11.3 Å². The molecule has 46 heavy (non-hydrogen) atoms. The molecule has 0 fully saturated rings. The summed E-state index contributed by atoms with van der Waals surface area (Å²) in [5.41, 5.74) is 7.07. The Labute approximate surface area is 268 Å². The molecule has 248 valence electrons. The van der Waals surface area contributed by atoms with Gasteiger partial charge in [0.1, 0.15) is 35.1 Å². The van der Waals surface area contributed by atoms with Crippen molar-refractivity contribution in [1.82, 2.24) is 16.0 Å². The molecule has 4 amide bonds. The number of hydrogen-bond donors (Lipinski definition) is 5. The Balaban J connectivity index is 1.67. The van der Waals surface area contributed by atoms with E-state index in [9.17, 15) is 37.5 Å². The van der Waals surface area contributed by atoms with Gasteiger partial charge in [0.25, 0.3) is 5.91 Å². The number of carbonyl (C=O) groups is 4. The molecule has 4 atom stereocenters.